The third kappa shape index (κ3) is 8.66. The standard InChI is InChI=1S/C20H27N3O9/c24-18(32-17-7-3-5-13-22(17)19(25)26)21-12-4-1-2-6-14-30-20(27)31-16-10-8-15(9-11-16)23(28)29/h8-11,17H,1-7,12-14H2,(H,21,24)(H,25,26). The van der Waals surface area contributed by atoms with Gasteiger partial charge in [0.15, 0.2) is 6.23 Å². The molecule has 2 amide bonds. The number of carbonyl (C=O) groups is 3. The van der Waals surface area contributed by atoms with Crippen LogP contribution in [0.3, 0.4) is 0 Å². The van der Waals surface area contributed by atoms with Gasteiger partial charge in [-0.25, -0.2) is 14.4 Å². The number of non-ortho nitro benzene ring substituents is 1. The lowest BCUT2D eigenvalue weighted by molar-refractivity contribution is -0.384. The summed E-state index contributed by atoms with van der Waals surface area (Å²) < 4.78 is 15.1. The highest BCUT2D eigenvalue weighted by atomic mass is 16.7. The van der Waals surface area contributed by atoms with E-state index in [2.05, 4.69) is 5.32 Å². The van der Waals surface area contributed by atoms with E-state index in [4.69, 9.17) is 19.3 Å². The first kappa shape index (κ1) is 24.7. The normalized spacial score (nSPS) is 15.5. The second kappa shape index (κ2) is 13.0. The van der Waals surface area contributed by atoms with Gasteiger partial charge in [-0.15, -0.1) is 0 Å². The number of nitro groups is 1. The Hall–Kier alpha value is -3.57. The maximum absolute atomic E-state index is 11.8. The summed E-state index contributed by atoms with van der Waals surface area (Å²) in [5.74, 6) is 0.151. The Labute approximate surface area is 184 Å². The van der Waals surface area contributed by atoms with Crippen molar-refractivity contribution in [3.05, 3.63) is 34.4 Å². The average Bonchev–Trinajstić information content (AvgIpc) is 2.76. The predicted molar refractivity (Wildman–Crippen MR) is 110 cm³/mol. The number of likely N-dealkylation sites (tertiary alicyclic amines) is 1. The number of alkyl carbamates (subject to hydrolysis) is 1. The number of nitrogens with one attached hydrogen (secondary N) is 1. The van der Waals surface area contributed by atoms with Gasteiger partial charge in [-0.3, -0.25) is 15.0 Å². The molecule has 12 heteroatoms. The topological polar surface area (TPSA) is 158 Å². The van der Waals surface area contributed by atoms with Crippen molar-refractivity contribution in [2.24, 2.45) is 0 Å². The first-order chi connectivity index (χ1) is 15.4. The zero-order valence-corrected chi connectivity index (χ0v) is 17.6. The second-order valence-corrected chi connectivity index (χ2v) is 7.12. The van der Waals surface area contributed by atoms with E-state index in [0.717, 1.165) is 30.6 Å². The number of hydrogen-bond donors (Lipinski definition) is 2. The molecular formula is C20H27N3O9. The fraction of sp³-hybridized carbons (Fsp3) is 0.550. The molecule has 1 aliphatic heterocycles. The molecule has 176 valence electrons. The molecule has 1 aromatic rings. The fourth-order valence-corrected chi connectivity index (χ4v) is 3.10. The average molecular weight is 453 g/mol. The largest absolute Gasteiger partial charge is 0.513 e. The van der Waals surface area contributed by atoms with E-state index in [9.17, 15) is 24.5 Å². The second-order valence-electron chi connectivity index (χ2n) is 7.12. The number of nitro benzene ring substituents is 1. The van der Waals surface area contributed by atoms with E-state index in [0.29, 0.717) is 32.4 Å². The number of rotatable bonds is 10. The number of nitrogens with zero attached hydrogens (tertiary/aromatic N) is 2. The molecule has 12 nitrogen and oxygen atoms in total. The Balaban J connectivity index is 1.49. The molecule has 1 heterocycles. The van der Waals surface area contributed by atoms with Crippen molar-refractivity contribution in [1.82, 2.24) is 10.2 Å². The summed E-state index contributed by atoms with van der Waals surface area (Å²) in [5, 5.41) is 22.3. The minimum absolute atomic E-state index is 0.107. The molecule has 0 spiro atoms. The maximum atomic E-state index is 11.8. The molecule has 1 aromatic carbocycles. The summed E-state index contributed by atoms with van der Waals surface area (Å²) in [6.07, 6.45) is 1.53. The lowest BCUT2D eigenvalue weighted by atomic mass is 10.1. The molecule has 0 aromatic heterocycles. The molecule has 2 rings (SSSR count). The molecule has 1 aliphatic rings. The lowest BCUT2D eigenvalue weighted by Gasteiger charge is -2.32. The first-order valence-electron chi connectivity index (χ1n) is 10.4. The molecule has 1 fully saturated rings. The van der Waals surface area contributed by atoms with Crippen LogP contribution in [-0.2, 0) is 9.47 Å². The number of benzene rings is 1. The zero-order chi connectivity index (χ0) is 23.3. The Morgan fingerprint density at radius 3 is 2.53 bits per heavy atom. The zero-order valence-electron chi connectivity index (χ0n) is 17.6. The number of amides is 2. The predicted octanol–water partition coefficient (Wildman–Crippen LogP) is 3.89. The highest BCUT2D eigenvalue weighted by molar-refractivity contribution is 5.69. The van der Waals surface area contributed by atoms with Crippen molar-refractivity contribution in [3.63, 3.8) is 0 Å². The minimum Gasteiger partial charge on any atom is -0.465 e. The van der Waals surface area contributed by atoms with E-state index in [1.165, 1.54) is 24.3 Å². The number of unbranched alkanes of at least 4 members (excludes halogenated alkanes) is 3. The monoisotopic (exact) mass is 453 g/mol. The molecule has 0 saturated carbocycles. The summed E-state index contributed by atoms with van der Waals surface area (Å²) >= 11 is 0. The SMILES string of the molecule is O=C(NCCCCCCOC(=O)Oc1ccc([N+](=O)[O-])cc1)OC1CCCCN1C(=O)O. The first-order valence-corrected chi connectivity index (χ1v) is 10.4. The van der Waals surface area contributed by atoms with Crippen LogP contribution in [0.5, 0.6) is 5.75 Å². The van der Waals surface area contributed by atoms with Gasteiger partial charge in [-0.2, -0.15) is 0 Å². The molecule has 1 atom stereocenters. The molecule has 1 saturated heterocycles. The summed E-state index contributed by atoms with van der Waals surface area (Å²) in [7, 11) is 0. The van der Waals surface area contributed by atoms with Gasteiger partial charge in [-0.1, -0.05) is 6.42 Å². The van der Waals surface area contributed by atoms with Crippen molar-refractivity contribution in [2.45, 2.75) is 51.2 Å². The van der Waals surface area contributed by atoms with Crippen LogP contribution in [0.1, 0.15) is 44.9 Å². The van der Waals surface area contributed by atoms with Crippen LogP contribution in [0.25, 0.3) is 0 Å². The van der Waals surface area contributed by atoms with Gasteiger partial charge in [0.2, 0.25) is 0 Å². The van der Waals surface area contributed by atoms with Crippen molar-refractivity contribution in [2.75, 3.05) is 19.7 Å². The van der Waals surface area contributed by atoms with Gasteiger partial charge in [0.05, 0.1) is 11.5 Å². The highest BCUT2D eigenvalue weighted by Gasteiger charge is 2.29. The summed E-state index contributed by atoms with van der Waals surface area (Å²) in [6, 6.07) is 5.07. The van der Waals surface area contributed by atoms with Crippen molar-refractivity contribution >= 4 is 24.0 Å². The molecule has 2 N–H and O–H groups in total. The smallest absolute Gasteiger partial charge is 0.465 e. The van der Waals surface area contributed by atoms with Crippen LogP contribution in [0, 0.1) is 10.1 Å². The molecule has 0 aliphatic carbocycles. The summed E-state index contributed by atoms with van der Waals surface area (Å²) in [5.41, 5.74) is -0.107. The van der Waals surface area contributed by atoms with E-state index >= 15 is 0 Å². The lowest BCUT2D eigenvalue weighted by Crippen LogP contribution is -2.46. The van der Waals surface area contributed by atoms with E-state index < -0.39 is 29.5 Å². The van der Waals surface area contributed by atoms with Crippen molar-refractivity contribution in [1.29, 1.82) is 0 Å². The van der Waals surface area contributed by atoms with Crippen LogP contribution in [0.4, 0.5) is 20.1 Å². The minimum atomic E-state index is -1.10. The van der Waals surface area contributed by atoms with Gasteiger partial charge in [-0.05, 0) is 44.2 Å². The van der Waals surface area contributed by atoms with Gasteiger partial charge in [0.25, 0.3) is 5.69 Å². The Kier molecular flexibility index (Phi) is 10.0. The van der Waals surface area contributed by atoms with E-state index in [1.54, 1.807) is 0 Å². The molecule has 0 radical (unpaired) electrons. The molecule has 1 unspecified atom stereocenters. The van der Waals surface area contributed by atoms with Crippen LogP contribution >= 0.6 is 0 Å². The van der Waals surface area contributed by atoms with E-state index in [1.807, 2.05) is 0 Å². The van der Waals surface area contributed by atoms with Crippen molar-refractivity contribution < 1.29 is 38.6 Å². The molecular weight excluding hydrogens is 426 g/mol. The Morgan fingerprint density at radius 2 is 1.84 bits per heavy atom. The third-order valence-corrected chi connectivity index (χ3v) is 4.75. The van der Waals surface area contributed by atoms with Gasteiger partial charge in [0.1, 0.15) is 5.75 Å². The quantitative estimate of drug-likeness (QED) is 0.176. The van der Waals surface area contributed by atoms with E-state index in [-0.39, 0.29) is 18.0 Å². The number of piperidine rings is 1. The Morgan fingerprint density at radius 1 is 1.12 bits per heavy atom. The highest BCUT2D eigenvalue weighted by Crippen LogP contribution is 2.19. The number of ether oxygens (including phenoxy) is 3. The van der Waals surface area contributed by atoms with Crippen molar-refractivity contribution in [3.8, 4) is 5.75 Å². The summed E-state index contributed by atoms with van der Waals surface area (Å²) in [6.45, 7) is 0.909. The summed E-state index contributed by atoms with van der Waals surface area (Å²) in [4.78, 5) is 45.7. The third-order valence-electron chi connectivity index (χ3n) is 4.75. The Bertz CT molecular complexity index is 785. The fourth-order valence-electron chi connectivity index (χ4n) is 3.10. The number of hydrogen-bond acceptors (Lipinski definition) is 8. The van der Waals surface area contributed by atoms with Crippen LogP contribution in [0.2, 0.25) is 0 Å². The van der Waals surface area contributed by atoms with Gasteiger partial charge >= 0.3 is 18.3 Å². The maximum Gasteiger partial charge on any atom is 0.513 e. The molecule has 0 bridgehead atoms. The molecule has 32 heavy (non-hydrogen) atoms. The van der Waals surface area contributed by atoms with Gasteiger partial charge in [0, 0.05) is 31.6 Å². The van der Waals surface area contributed by atoms with Crippen LogP contribution < -0.4 is 10.1 Å². The van der Waals surface area contributed by atoms with Crippen LogP contribution in [-0.4, -0.2) is 59.2 Å². The number of carboxylic acid groups (broad SMARTS) is 1. The van der Waals surface area contributed by atoms with Gasteiger partial charge < -0.3 is 24.6 Å². The van der Waals surface area contributed by atoms with Crippen LogP contribution in [0.15, 0.2) is 24.3 Å². The number of carbonyl (C=O) groups excluding carboxylic acids is 2.